The SMILES string of the molecule is [CH2]COC(COCC)(OCC)OC(C)C. The maximum Gasteiger partial charge on any atom is 0.308 e. The van der Waals surface area contributed by atoms with E-state index in [1.165, 1.54) is 0 Å². The second kappa shape index (κ2) is 8.05. The van der Waals surface area contributed by atoms with E-state index in [1.54, 1.807) is 0 Å². The van der Waals surface area contributed by atoms with Gasteiger partial charge in [-0.2, -0.15) is 0 Å². The molecule has 0 aliphatic rings. The average molecular weight is 219 g/mol. The molecule has 0 rings (SSSR count). The summed E-state index contributed by atoms with van der Waals surface area (Å²) < 4.78 is 21.8. The number of ether oxygens (including phenoxy) is 4. The van der Waals surface area contributed by atoms with E-state index in [0.717, 1.165) is 0 Å². The van der Waals surface area contributed by atoms with Gasteiger partial charge in [-0.25, -0.2) is 0 Å². The molecule has 1 radical (unpaired) electrons. The van der Waals surface area contributed by atoms with Crippen LogP contribution in [0.2, 0.25) is 0 Å². The third-order valence-corrected chi connectivity index (χ3v) is 1.58. The number of hydrogen-bond donors (Lipinski definition) is 0. The third-order valence-electron chi connectivity index (χ3n) is 1.58. The van der Waals surface area contributed by atoms with Crippen LogP contribution in [0.5, 0.6) is 0 Å². The van der Waals surface area contributed by atoms with Crippen LogP contribution in [0.1, 0.15) is 27.7 Å². The summed E-state index contributed by atoms with van der Waals surface area (Å²) in [5.41, 5.74) is 0. The Balaban J connectivity index is 4.40. The van der Waals surface area contributed by atoms with Gasteiger partial charge in [-0.15, -0.1) is 0 Å². The van der Waals surface area contributed by atoms with Crippen LogP contribution in [-0.4, -0.2) is 38.5 Å². The zero-order chi connectivity index (χ0) is 11.7. The molecule has 4 heteroatoms. The molecule has 0 aromatic rings. The molecule has 0 heterocycles. The molecule has 0 aliphatic heterocycles. The van der Waals surface area contributed by atoms with Gasteiger partial charge in [0.25, 0.3) is 0 Å². The second-order valence-corrected chi connectivity index (χ2v) is 3.27. The van der Waals surface area contributed by atoms with Crippen molar-refractivity contribution in [2.75, 3.05) is 26.4 Å². The largest absolute Gasteiger partial charge is 0.373 e. The van der Waals surface area contributed by atoms with Crippen LogP contribution < -0.4 is 0 Å². The van der Waals surface area contributed by atoms with Crippen LogP contribution in [0, 0.1) is 6.92 Å². The zero-order valence-electron chi connectivity index (χ0n) is 10.2. The van der Waals surface area contributed by atoms with Gasteiger partial charge in [0.05, 0.1) is 12.7 Å². The van der Waals surface area contributed by atoms with Gasteiger partial charge in [-0.1, -0.05) is 0 Å². The lowest BCUT2D eigenvalue weighted by atomic mass is 10.4. The monoisotopic (exact) mass is 219 g/mol. The van der Waals surface area contributed by atoms with E-state index in [2.05, 4.69) is 6.92 Å². The van der Waals surface area contributed by atoms with Gasteiger partial charge in [-0.05, 0) is 34.6 Å². The number of hydrogen-bond acceptors (Lipinski definition) is 4. The lowest BCUT2D eigenvalue weighted by Crippen LogP contribution is -2.45. The lowest BCUT2D eigenvalue weighted by molar-refractivity contribution is -0.400. The number of rotatable bonds is 9. The summed E-state index contributed by atoms with van der Waals surface area (Å²) in [6.45, 7) is 12.9. The van der Waals surface area contributed by atoms with Crippen molar-refractivity contribution >= 4 is 0 Å². The van der Waals surface area contributed by atoms with Crippen molar-refractivity contribution in [2.45, 2.75) is 39.8 Å². The summed E-state index contributed by atoms with van der Waals surface area (Å²) in [6, 6.07) is 0. The molecule has 1 atom stereocenters. The minimum Gasteiger partial charge on any atom is -0.373 e. The second-order valence-electron chi connectivity index (χ2n) is 3.27. The van der Waals surface area contributed by atoms with Gasteiger partial charge >= 0.3 is 5.97 Å². The Bertz CT molecular complexity index is 142. The third kappa shape index (κ3) is 6.10. The van der Waals surface area contributed by atoms with E-state index < -0.39 is 5.97 Å². The van der Waals surface area contributed by atoms with Gasteiger partial charge in [0, 0.05) is 13.2 Å². The Labute approximate surface area is 92.8 Å². The van der Waals surface area contributed by atoms with Crippen molar-refractivity contribution < 1.29 is 18.9 Å². The predicted octanol–water partition coefficient (Wildman–Crippen LogP) is 1.99. The molecule has 0 saturated heterocycles. The van der Waals surface area contributed by atoms with Gasteiger partial charge in [0.2, 0.25) is 0 Å². The first-order valence-electron chi connectivity index (χ1n) is 5.43. The first kappa shape index (κ1) is 14.8. The highest BCUT2D eigenvalue weighted by atomic mass is 16.9. The minimum atomic E-state index is -1.11. The quantitative estimate of drug-likeness (QED) is 0.556. The van der Waals surface area contributed by atoms with Crippen LogP contribution in [0.15, 0.2) is 0 Å². The summed E-state index contributed by atoms with van der Waals surface area (Å²) in [4.78, 5) is 0. The Kier molecular flexibility index (Phi) is 7.96. The molecule has 91 valence electrons. The van der Waals surface area contributed by atoms with Gasteiger partial charge in [0.15, 0.2) is 0 Å². The Hall–Kier alpha value is -0.160. The smallest absolute Gasteiger partial charge is 0.308 e. The molecule has 0 aromatic heterocycles. The van der Waals surface area contributed by atoms with Crippen molar-refractivity contribution in [2.24, 2.45) is 0 Å². The molecule has 0 saturated carbocycles. The fourth-order valence-corrected chi connectivity index (χ4v) is 1.19. The van der Waals surface area contributed by atoms with Crippen LogP contribution in [-0.2, 0) is 18.9 Å². The van der Waals surface area contributed by atoms with Crippen LogP contribution in [0.3, 0.4) is 0 Å². The van der Waals surface area contributed by atoms with Crippen molar-refractivity contribution in [1.82, 2.24) is 0 Å². The highest BCUT2D eigenvalue weighted by molar-refractivity contribution is 4.59. The zero-order valence-corrected chi connectivity index (χ0v) is 10.2. The normalized spacial score (nSPS) is 12.4. The van der Waals surface area contributed by atoms with Crippen molar-refractivity contribution in [1.29, 1.82) is 0 Å². The first-order chi connectivity index (χ1) is 7.10. The lowest BCUT2D eigenvalue weighted by Gasteiger charge is -2.33. The molecule has 15 heavy (non-hydrogen) atoms. The summed E-state index contributed by atoms with van der Waals surface area (Å²) in [5, 5.41) is 0. The average Bonchev–Trinajstić information content (AvgIpc) is 2.14. The van der Waals surface area contributed by atoms with E-state index in [4.69, 9.17) is 18.9 Å². The van der Waals surface area contributed by atoms with E-state index in [1.807, 2.05) is 27.7 Å². The van der Waals surface area contributed by atoms with Crippen LogP contribution in [0.25, 0.3) is 0 Å². The van der Waals surface area contributed by atoms with E-state index in [-0.39, 0.29) is 19.3 Å². The maximum absolute atomic E-state index is 5.61. The van der Waals surface area contributed by atoms with Crippen molar-refractivity contribution in [3.63, 3.8) is 0 Å². The Morgan fingerprint density at radius 3 is 2.20 bits per heavy atom. The standard InChI is InChI=1S/C11H23O4/c1-6-12-9-11(13-7-2,14-8-3)15-10(4)5/h10H,2,6-9H2,1,3-5H3. The molecule has 0 spiro atoms. The van der Waals surface area contributed by atoms with E-state index in [0.29, 0.717) is 13.2 Å². The molecule has 1 unspecified atom stereocenters. The highest BCUT2D eigenvalue weighted by Gasteiger charge is 2.34. The predicted molar refractivity (Wildman–Crippen MR) is 58.4 cm³/mol. The summed E-state index contributed by atoms with van der Waals surface area (Å²) in [7, 11) is 0. The van der Waals surface area contributed by atoms with E-state index >= 15 is 0 Å². The molecular formula is C11H23O4. The molecule has 0 N–H and O–H groups in total. The maximum atomic E-state index is 5.61. The topological polar surface area (TPSA) is 36.9 Å². The first-order valence-corrected chi connectivity index (χ1v) is 5.43. The van der Waals surface area contributed by atoms with Crippen molar-refractivity contribution in [3.05, 3.63) is 6.92 Å². The molecular weight excluding hydrogens is 196 g/mol. The molecule has 4 nitrogen and oxygen atoms in total. The fraction of sp³-hybridized carbons (Fsp3) is 0.909. The summed E-state index contributed by atoms with van der Waals surface area (Å²) in [6.07, 6.45) is 0.00329. The highest BCUT2D eigenvalue weighted by Crippen LogP contribution is 2.18. The fourth-order valence-electron chi connectivity index (χ4n) is 1.19. The van der Waals surface area contributed by atoms with Gasteiger partial charge in [-0.3, -0.25) is 0 Å². The van der Waals surface area contributed by atoms with Crippen LogP contribution >= 0.6 is 0 Å². The van der Waals surface area contributed by atoms with E-state index in [9.17, 15) is 0 Å². The van der Waals surface area contributed by atoms with Gasteiger partial charge in [0.1, 0.15) is 6.61 Å². The molecule has 0 fully saturated rings. The van der Waals surface area contributed by atoms with Crippen molar-refractivity contribution in [3.8, 4) is 0 Å². The Morgan fingerprint density at radius 1 is 1.13 bits per heavy atom. The minimum absolute atomic E-state index is 0.00329. The summed E-state index contributed by atoms with van der Waals surface area (Å²) in [5.74, 6) is -1.11. The van der Waals surface area contributed by atoms with Crippen LogP contribution in [0.4, 0.5) is 0 Å². The van der Waals surface area contributed by atoms with Gasteiger partial charge < -0.3 is 18.9 Å². The molecule has 0 bridgehead atoms. The molecule has 0 amide bonds. The molecule has 0 aliphatic carbocycles. The molecule has 0 aromatic carbocycles. The Morgan fingerprint density at radius 2 is 1.80 bits per heavy atom. The summed E-state index contributed by atoms with van der Waals surface area (Å²) >= 11 is 0.